The van der Waals surface area contributed by atoms with Crippen LogP contribution < -0.4 is 10.2 Å². The van der Waals surface area contributed by atoms with E-state index >= 15 is 0 Å². The molecule has 2 heterocycles. The predicted molar refractivity (Wildman–Crippen MR) is 73.7 cm³/mol. The molecule has 0 radical (unpaired) electrons. The van der Waals surface area contributed by atoms with Gasteiger partial charge in [-0.05, 0) is 13.1 Å². The second-order valence-electron chi connectivity index (χ2n) is 4.57. The summed E-state index contributed by atoms with van der Waals surface area (Å²) in [6.45, 7) is 11.6. The molecule has 1 aromatic heterocycles. The van der Waals surface area contributed by atoms with Gasteiger partial charge in [-0.25, -0.2) is 4.98 Å². The Balaban J connectivity index is 1.89. The Morgan fingerprint density at radius 2 is 1.89 bits per heavy atom. The van der Waals surface area contributed by atoms with Crippen LogP contribution >= 0.6 is 0 Å². The van der Waals surface area contributed by atoms with Gasteiger partial charge in [0.05, 0.1) is 18.1 Å². The molecule has 100 valence electrons. The molecule has 0 aliphatic carbocycles. The highest BCUT2D eigenvalue weighted by Gasteiger charge is 2.16. The van der Waals surface area contributed by atoms with Gasteiger partial charge in [-0.1, -0.05) is 13.8 Å². The Labute approximate surface area is 109 Å². The predicted octanol–water partition coefficient (Wildman–Crippen LogP) is 0.728. The largest absolute Gasteiger partial charge is 0.353 e. The minimum Gasteiger partial charge on any atom is -0.353 e. The second-order valence-corrected chi connectivity index (χ2v) is 4.57. The fourth-order valence-corrected chi connectivity index (χ4v) is 2.15. The molecule has 1 fully saturated rings. The van der Waals surface area contributed by atoms with Crippen LogP contribution in [0.2, 0.25) is 0 Å². The maximum atomic E-state index is 4.51. The van der Waals surface area contributed by atoms with Crippen LogP contribution in [0.1, 0.15) is 19.5 Å². The highest BCUT2D eigenvalue weighted by molar-refractivity contribution is 5.36. The van der Waals surface area contributed by atoms with E-state index in [1.54, 1.807) is 0 Å². The maximum Gasteiger partial charge on any atom is 0.147 e. The van der Waals surface area contributed by atoms with E-state index in [4.69, 9.17) is 0 Å². The molecule has 1 saturated heterocycles. The van der Waals surface area contributed by atoms with E-state index in [0.29, 0.717) is 0 Å². The van der Waals surface area contributed by atoms with Crippen molar-refractivity contribution in [3.8, 4) is 0 Å². The lowest BCUT2D eigenvalue weighted by Gasteiger charge is -2.34. The number of piperazine rings is 1. The van der Waals surface area contributed by atoms with Crippen LogP contribution in [0.15, 0.2) is 12.4 Å². The average Bonchev–Trinajstić information content (AvgIpc) is 2.46. The van der Waals surface area contributed by atoms with Gasteiger partial charge in [-0.2, -0.15) is 0 Å². The van der Waals surface area contributed by atoms with Crippen molar-refractivity contribution in [2.45, 2.75) is 20.4 Å². The third-order valence-corrected chi connectivity index (χ3v) is 3.39. The summed E-state index contributed by atoms with van der Waals surface area (Å²) in [7, 11) is 0. The number of nitrogens with one attached hydrogen (secondary N) is 1. The van der Waals surface area contributed by atoms with Gasteiger partial charge < -0.3 is 15.1 Å². The van der Waals surface area contributed by atoms with E-state index in [9.17, 15) is 0 Å². The zero-order valence-electron chi connectivity index (χ0n) is 11.4. The highest BCUT2D eigenvalue weighted by atomic mass is 15.3. The monoisotopic (exact) mass is 249 g/mol. The summed E-state index contributed by atoms with van der Waals surface area (Å²) >= 11 is 0. The van der Waals surface area contributed by atoms with Gasteiger partial charge in [0.2, 0.25) is 0 Å². The zero-order valence-corrected chi connectivity index (χ0v) is 11.4. The van der Waals surface area contributed by atoms with E-state index in [2.05, 4.69) is 38.9 Å². The second kappa shape index (κ2) is 6.66. The third-order valence-electron chi connectivity index (χ3n) is 3.39. The lowest BCUT2D eigenvalue weighted by Crippen LogP contribution is -2.46. The summed E-state index contributed by atoms with van der Waals surface area (Å²) in [5, 5.41) is 3.25. The van der Waals surface area contributed by atoms with Crippen molar-refractivity contribution in [3.63, 3.8) is 0 Å². The maximum absolute atomic E-state index is 4.51. The first-order valence-corrected chi connectivity index (χ1v) is 6.82. The lowest BCUT2D eigenvalue weighted by molar-refractivity contribution is 0.270. The topological polar surface area (TPSA) is 44.3 Å². The molecule has 1 aliphatic heterocycles. The molecule has 1 aromatic rings. The van der Waals surface area contributed by atoms with Crippen molar-refractivity contribution >= 4 is 5.82 Å². The molecule has 0 atom stereocenters. The van der Waals surface area contributed by atoms with Gasteiger partial charge in [0.25, 0.3) is 0 Å². The van der Waals surface area contributed by atoms with Crippen molar-refractivity contribution < 1.29 is 0 Å². The van der Waals surface area contributed by atoms with Crippen molar-refractivity contribution in [2.75, 3.05) is 44.2 Å². The molecule has 1 N–H and O–H groups in total. The molecule has 0 amide bonds. The van der Waals surface area contributed by atoms with Gasteiger partial charge in [0.15, 0.2) is 0 Å². The Morgan fingerprint density at radius 1 is 1.11 bits per heavy atom. The SMILES string of the molecule is CCNCc1cnc(N2CCN(CC)CC2)cn1. The molecule has 2 rings (SSSR count). The fraction of sp³-hybridized carbons (Fsp3) is 0.692. The minimum atomic E-state index is 0.799. The van der Waals surface area contributed by atoms with Crippen LogP contribution in [0.5, 0.6) is 0 Å². The average molecular weight is 249 g/mol. The van der Waals surface area contributed by atoms with Crippen molar-refractivity contribution in [1.82, 2.24) is 20.2 Å². The Kier molecular flexibility index (Phi) is 4.90. The number of nitrogens with zero attached hydrogens (tertiary/aromatic N) is 4. The van der Waals surface area contributed by atoms with Crippen molar-refractivity contribution in [3.05, 3.63) is 18.1 Å². The van der Waals surface area contributed by atoms with Gasteiger partial charge in [0, 0.05) is 32.7 Å². The Bertz CT molecular complexity index is 343. The van der Waals surface area contributed by atoms with Gasteiger partial charge in [-0.15, -0.1) is 0 Å². The third kappa shape index (κ3) is 3.40. The summed E-state index contributed by atoms with van der Waals surface area (Å²) in [6.07, 6.45) is 3.78. The number of hydrogen-bond donors (Lipinski definition) is 1. The Hall–Kier alpha value is -1.20. The molecule has 1 aliphatic rings. The Morgan fingerprint density at radius 3 is 2.44 bits per heavy atom. The molecule has 0 aromatic carbocycles. The summed E-state index contributed by atoms with van der Waals surface area (Å²) in [5.74, 6) is 1.01. The summed E-state index contributed by atoms with van der Waals surface area (Å²) in [6, 6.07) is 0. The first-order chi connectivity index (χ1) is 8.83. The number of rotatable bonds is 5. The summed E-state index contributed by atoms with van der Waals surface area (Å²) in [5.41, 5.74) is 1.01. The summed E-state index contributed by atoms with van der Waals surface area (Å²) in [4.78, 5) is 13.7. The highest BCUT2D eigenvalue weighted by Crippen LogP contribution is 2.12. The van der Waals surface area contributed by atoms with Crippen molar-refractivity contribution in [1.29, 1.82) is 0 Å². The molecular weight excluding hydrogens is 226 g/mol. The number of anilines is 1. The molecule has 5 nitrogen and oxygen atoms in total. The number of likely N-dealkylation sites (N-methyl/N-ethyl adjacent to an activating group) is 1. The van der Waals surface area contributed by atoms with E-state index < -0.39 is 0 Å². The standard InChI is InChI=1S/C13H23N5/c1-3-14-9-12-10-16-13(11-15-12)18-7-5-17(4-2)6-8-18/h10-11,14H,3-9H2,1-2H3. The van der Waals surface area contributed by atoms with E-state index in [1.807, 2.05) is 12.4 Å². The summed E-state index contributed by atoms with van der Waals surface area (Å²) < 4.78 is 0. The quantitative estimate of drug-likeness (QED) is 0.833. The van der Waals surface area contributed by atoms with Crippen molar-refractivity contribution in [2.24, 2.45) is 0 Å². The van der Waals surface area contributed by atoms with Gasteiger partial charge in [-0.3, -0.25) is 4.98 Å². The van der Waals surface area contributed by atoms with Gasteiger partial charge in [0.1, 0.15) is 5.82 Å². The molecule has 0 saturated carbocycles. The van der Waals surface area contributed by atoms with E-state index in [1.165, 1.54) is 0 Å². The normalized spacial score (nSPS) is 17.1. The first-order valence-electron chi connectivity index (χ1n) is 6.82. The minimum absolute atomic E-state index is 0.799. The molecule has 18 heavy (non-hydrogen) atoms. The van der Waals surface area contributed by atoms with Crippen LogP contribution in [0, 0.1) is 0 Å². The van der Waals surface area contributed by atoms with Crippen LogP contribution in [0.4, 0.5) is 5.82 Å². The molecular formula is C13H23N5. The van der Waals surface area contributed by atoms with Crippen LogP contribution in [0.25, 0.3) is 0 Å². The van der Waals surface area contributed by atoms with Crippen LogP contribution in [0.3, 0.4) is 0 Å². The molecule has 0 spiro atoms. The smallest absolute Gasteiger partial charge is 0.147 e. The van der Waals surface area contributed by atoms with Crippen LogP contribution in [-0.2, 0) is 6.54 Å². The lowest BCUT2D eigenvalue weighted by atomic mass is 10.3. The molecule has 0 bridgehead atoms. The fourth-order valence-electron chi connectivity index (χ4n) is 2.15. The van der Waals surface area contributed by atoms with E-state index in [-0.39, 0.29) is 0 Å². The van der Waals surface area contributed by atoms with Crippen LogP contribution in [-0.4, -0.2) is 54.1 Å². The molecule has 5 heteroatoms. The number of hydrogen-bond acceptors (Lipinski definition) is 5. The van der Waals surface area contributed by atoms with E-state index in [0.717, 1.165) is 57.3 Å². The first kappa shape index (κ1) is 13.2. The van der Waals surface area contributed by atoms with Gasteiger partial charge >= 0.3 is 0 Å². The zero-order chi connectivity index (χ0) is 12.8. The number of aromatic nitrogens is 2. The molecule has 0 unspecified atom stereocenters.